The lowest BCUT2D eigenvalue weighted by Crippen LogP contribution is -1.92. The van der Waals surface area contributed by atoms with Crippen molar-refractivity contribution in [3.63, 3.8) is 0 Å². The fourth-order valence-electron chi connectivity index (χ4n) is 1.95. The summed E-state index contributed by atoms with van der Waals surface area (Å²) in [5.74, 6) is 0.729. The standard InChI is InChI=1S/C19H33ClO/c1-2-3-4-5-6-7-9-12-15-18-21-19-16-13-10-8-11-14-17-20/h8,12-13,15H,2-7,9,11,14,16-19H2,1H3. The summed E-state index contributed by atoms with van der Waals surface area (Å²) < 4.78 is 5.53. The molecular weight excluding hydrogens is 280 g/mol. The first-order chi connectivity index (χ1) is 10.4. The quantitative estimate of drug-likeness (QED) is 0.146. The summed E-state index contributed by atoms with van der Waals surface area (Å²) in [6.07, 6.45) is 20.8. The van der Waals surface area contributed by atoms with E-state index in [1.165, 1.54) is 44.9 Å². The molecule has 0 atom stereocenters. The maximum Gasteiger partial charge on any atom is 0.0647 e. The van der Waals surface area contributed by atoms with Crippen LogP contribution in [0.15, 0.2) is 30.0 Å². The van der Waals surface area contributed by atoms with Crippen molar-refractivity contribution in [1.82, 2.24) is 0 Å². The van der Waals surface area contributed by atoms with Gasteiger partial charge < -0.3 is 4.74 Å². The third kappa shape index (κ3) is 19.5. The molecule has 0 saturated carbocycles. The van der Waals surface area contributed by atoms with Crippen molar-refractivity contribution in [2.45, 2.75) is 71.1 Å². The first-order valence-corrected chi connectivity index (χ1v) is 9.13. The second kappa shape index (κ2) is 19.5. The Balaban J connectivity index is 3.20. The van der Waals surface area contributed by atoms with Gasteiger partial charge in [0.05, 0.1) is 13.2 Å². The molecule has 21 heavy (non-hydrogen) atoms. The molecule has 0 fully saturated rings. The van der Waals surface area contributed by atoms with Gasteiger partial charge in [0.15, 0.2) is 0 Å². The third-order valence-corrected chi connectivity index (χ3v) is 3.50. The van der Waals surface area contributed by atoms with Crippen LogP contribution in [-0.2, 0) is 4.74 Å². The second-order valence-corrected chi connectivity index (χ2v) is 5.68. The minimum atomic E-state index is 0.729. The van der Waals surface area contributed by atoms with E-state index in [1.807, 2.05) is 12.2 Å². The molecule has 0 bridgehead atoms. The van der Waals surface area contributed by atoms with Crippen LogP contribution in [0.1, 0.15) is 71.1 Å². The highest BCUT2D eigenvalue weighted by molar-refractivity contribution is 6.17. The number of halogens is 1. The average molecular weight is 313 g/mol. The number of hydrogen-bond acceptors (Lipinski definition) is 1. The summed E-state index contributed by atoms with van der Waals surface area (Å²) in [5, 5.41) is 0. The Hall–Kier alpha value is -0.490. The van der Waals surface area contributed by atoms with E-state index in [2.05, 4.69) is 24.8 Å². The van der Waals surface area contributed by atoms with Crippen molar-refractivity contribution < 1.29 is 4.74 Å². The normalized spacial score (nSPS) is 10.8. The van der Waals surface area contributed by atoms with E-state index in [-0.39, 0.29) is 0 Å². The molecule has 122 valence electrons. The molecule has 0 radical (unpaired) electrons. The van der Waals surface area contributed by atoms with Gasteiger partial charge in [-0.25, -0.2) is 0 Å². The van der Waals surface area contributed by atoms with Gasteiger partial charge in [-0.3, -0.25) is 0 Å². The molecule has 0 heterocycles. The summed E-state index contributed by atoms with van der Waals surface area (Å²) in [6, 6.07) is 0. The van der Waals surface area contributed by atoms with Crippen LogP contribution < -0.4 is 0 Å². The zero-order chi connectivity index (χ0) is 15.4. The summed E-state index contributed by atoms with van der Waals surface area (Å²) in [5.41, 5.74) is 3.15. The van der Waals surface area contributed by atoms with Gasteiger partial charge >= 0.3 is 0 Å². The Morgan fingerprint density at radius 3 is 2.43 bits per heavy atom. The molecule has 0 aliphatic carbocycles. The second-order valence-electron chi connectivity index (χ2n) is 5.30. The van der Waals surface area contributed by atoms with Crippen LogP contribution >= 0.6 is 11.6 Å². The van der Waals surface area contributed by atoms with Crippen LogP contribution in [0.2, 0.25) is 0 Å². The van der Waals surface area contributed by atoms with Gasteiger partial charge in [-0.05, 0) is 44.3 Å². The maximum atomic E-state index is 5.59. The molecule has 0 aromatic rings. The summed E-state index contributed by atoms with van der Waals surface area (Å²) in [6.45, 7) is 3.77. The van der Waals surface area contributed by atoms with Crippen molar-refractivity contribution in [2.75, 3.05) is 19.1 Å². The predicted octanol–water partition coefficient (Wildman–Crippen LogP) is 6.43. The van der Waals surface area contributed by atoms with E-state index in [9.17, 15) is 0 Å². The number of hydrogen-bond donors (Lipinski definition) is 0. The van der Waals surface area contributed by atoms with E-state index in [0.29, 0.717) is 0 Å². The molecular formula is C19H33ClO. The number of alkyl halides is 1. The third-order valence-electron chi connectivity index (χ3n) is 3.23. The average Bonchev–Trinajstić information content (AvgIpc) is 2.50. The number of allylic oxidation sites excluding steroid dienone is 1. The lowest BCUT2D eigenvalue weighted by atomic mass is 10.1. The number of unbranched alkanes of at least 4 members (excludes halogenated alkanes) is 7. The Morgan fingerprint density at radius 2 is 1.62 bits per heavy atom. The van der Waals surface area contributed by atoms with E-state index in [4.69, 9.17) is 16.3 Å². The largest absolute Gasteiger partial charge is 0.377 e. The van der Waals surface area contributed by atoms with Gasteiger partial charge in [-0.1, -0.05) is 51.2 Å². The smallest absolute Gasteiger partial charge is 0.0647 e. The van der Waals surface area contributed by atoms with E-state index in [1.54, 1.807) is 0 Å². The van der Waals surface area contributed by atoms with Crippen LogP contribution in [0.3, 0.4) is 0 Å². The van der Waals surface area contributed by atoms with Crippen LogP contribution in [0.25, 0.3) is 0 Å². The summed E-state index contributed by atoms with van der Waals surface area (Å²) >= 11 is 5.59. The topological polar surface area (TPSA) is 9.23 Å². The minimum absolute atomic E-state index is 0.729. The van der Waals surface area contributed by atoms with Gasteiger partial charge in [-0.2, -0.15) is 0 Å². The SMILES string of the molecule is CCCCCCCCC=CCOCCC=C=CCCCCl. The van der Waals surface area contributed by atoms with Gasteiger partial charge in [0.1, 0.15) is 0 Å². The lowest BCUT2D eigenvalue weighted by molar-refractivity contribution is 0.167. The molecule has 0 aromatic carbocycles. The molecule has 0 aromatic heterocycles. The fraction of sp³-hybridized carbons (Fsp3) is 0.737. The molecule has 0 N–H and O–H groups in total. The fourth-order valence-corrected chi connectivity index (χ4v) is 2.11. The van der Waals surface area contributed by atoms with Crippen molar-refractivity contribution in [1.29, 1.82) is 0 Å². The summed E-state index contributed by atoms with van der Waals surface area (Å²) in [4.78, 5) is 0. The van der Waals surface area contributed by atoms with Crippen LogP contribution in [-0.4, -0.2) is 19.1 Å². The molecule has 0 spiro atoms. The number of ether oxygens (including phenoxy) is 1. The highest BCUT2D eigenvalue weighted by Gasteiger charge is 1.88. The van der Waals surface area contributed by atoms with Crippen molar-refractivity contribution >= 4 is 11.6 Å². The Kier molecular flexibility index (Phi) is 19.1. The first kappa shape index (κ1) is 20.5. The van der Waals surface area contributed by atoms with E-state index < -0.39 is 0 Å². The van der Waals surface area contributed by atoms with Crippen LogP contribution in [0.4, 0.5) is 0 Å². The highest BCUT2D eigenvalue weighted by atomic mass is 35.5. The predicted molar refractivity (Wildman–Crippen MR) is 95.2 cm³/mol. The van der Waals surface area contributed by atoms with Gasteiger partial charge in [-0.15, -0.1) is 17.3 Å². The molecule has 2 heteroatoms. The molecule has 0 aliphatic rings. The van der Waals surface area contributed by atoms with E-state index in [0.717, 1.165) is 38.4 Å². The molecule has 0 aliphatic heterocycles. The van der Waals surface area contributed by atoms with Crippen molar-refractivity contribution in [3.05, 3.63) is 30.0 Å². The van der Waals surface area contributed by atoms with Crippen LogP contribution in [0, 0.1) is 0 Å². The molecule has 0 rings (SSSR count). The first-order valence-electron chi connectivity index (χ1n) is 8.60. The zero-order valence-corrected chi connectivity index (χ0v) is 14.5. The van der Waals surface area contributed by atoms with Gasteiger partial charge in [0, 0.05) is 5.88 Å². The monoisotopic (exact) mass is 312 g/mol. The molecule has 1 nitrogen and oxygen atoms in total. The van der Waals surface area contributed by atoms with E-state index >= 15 is 0 Å². The summed E-state index contributed by atoms with van der Waals surface area (Å²) in [7, 11) is 0. The molecule has 0 saturated heterocycles. The Morgan fingerprint density at radius 1 is 0.857 bits per heavy atom. The van der Waals surface area contributed by atoms with Gasteiger partial charge in [0.25, 0.3) is 0 Å². The van der Waals surface area contributed by atoms with Crippen molar-refractivity contribution in [2.24, 2.45) is 0 Å². The maximum absolute atomic E-state index is 5.59. The van der Waals surface area contributed by atoms with Gasteiger partial charge in [0.2, 0.25) is 0 Å². The highest BCUT2D eigenvalue weighted by Crippen LogP contribution is 2.07. The zero-order valence-electron chi connectivity index (χ0n) is 13.8. The Bertz CT molecular complexity index is 277. The minimum Gasteiger partial charge on any atom is -0.377 e. The number of rotatable bonds is 15. The van der Waals surface area contributed by atoms with Crippen LogP contribution in [0.5, 0.6) is 0 Å². The van der Waals surface area contributed by atoms with Crippen molar-refractivity contribution in [3.8, 4) is 0 Å². The molecule has 0 amide bonds. The molecule has 0 unspecified atom stereocenters. The lowest BCUT2D eigenvalue weighted by Gasteiger charge is -1.98. The Labute approximate surface area is 137 Å².